The van der Waals surface area contributed by atoms with Crippen LogP contribution >= 0.6 is 0 Å². The standard InChI is InChI=1S/C21H30N2O3/c1-4-11-25-18-8-9-19(17(13-18)15-22)23-20(24)21(26-12-5-2)10-6-7-16(3)14-21/h8-9,13,16H,4-7,10-12,14H2,1-3H3,(H,23,24)/t16-,21+/m0/s1. The number of rotatable bonds is 8. The van der Waals surface area contributed by atoms with E-state index in [0.29, 0.717) is 36.1 Å². The number of benzene rings is 1. The minimum Gasteiger partial charge on any atom is -0.494 e. The van der Waals surface area contributed by atoms with Crippen LogP contribution in [0.15, 0.2) is 18.2 Å². The van der Waals surface area contributed by atoms with E-state index < -0.39 is 5.60 Å². The highest BCUT2D eigenvalue weighted by Crippen LogP contribution is 2.37. The van der Waals surface area contributed by atoms with Gasteiger partial charge in [0.1, 0.15) is 17.4 Å². The van der Waals surface area contributed by atoms with Crippen molar-refractivity contribution in [3.05, 3.63) is 23.8 Å². The molecule has 1 aliphatic rings. The molecule has 1 aromatic carbocycles. The first-order valence-electron chi connectivity index (χ1n) is 9.67. The average Bonchev–Trinajstić information content (AvgIpc) is 2.65. The molecule has 0 bridgehead atoms. The van der Waals surface area contributed by atoms with Crippen molar-refractivity contribution < 1.29 is 14.3 Å². The molecule has 0 saturated heterocycles. The summed E-state index contributed by atoms with van der Waals surface area (Å²) in [4.78, 5) is 13.1. The number of ether oxygens (including phenoxy) is 2. The molecule has 5 heteroatoms. The largest absolute Gasteiger partial charge is 0.494 e. The normalized spacial score (nSPS) is 22.5. The quantitative estimate of drug-likeness (QED) is 0.733. The fourth-order valence-corrected chi connectivity index (χ4v) is 3.47. The lowest BCUT2D eigenvalue weighted by Crippen LogP contribution is -2.48. The molecule has 1 aromatic rings. The second-order valence-electron chi connectivity index (χ2n) is 7.17. The van der Waals surface area contributed by atoms with Crippen molar-refractivity contribution in [2.24, 2.45) is 5.92 Å². The SMILES string of the molecule is CCCOc1ccc(NC(=O)[C@@]2(OCCC)CCC[C@H](C)C2)c(C#N)c1. The summed E-state index contributed by atoms with van der Waals surface area (Å²) in [7, 11) is 0. The zero-order valence-electron chi connectivity index (χ0n) is 16.1. The summed E-state index contributed by atoms with van der Waals surface area (Å²) < 4.78 is 11.6. The maximum Gasteiger partial charge on any atom is 0.256 e. The van der Waals surface area contributed by atoms with Crippen molar-refractivity contribution in [2.75, 3.05) is 18.5 Å². The third-order valence-electron chi connectivity index (χ3n) is 4.78. The summed E-state index contributed by atoms with van der Waals surface area (Å²) >= 11 is 0. The number of amides is 1. The fourth-order valence-electron chi connectivity index (χ4n) is 3.47. The Morgan fingerprint density at radius 1 is 1.35 bits per heavy atom. The topological polar surface area (TPSA) is 71.3 Å². The molecule has 1 saturated carbocycles. The van der Waals surface area contributed by atoms with Crippen molar-refractivity contribution >= 4 is 11.6 Å². The molecule has 0 aliphatic heterocycles. The summed E-state index contributed by atoms with van der Waals surface area (Å²) in [6, 6.07) is 7.35. The Morgan fingerprint density at radius 2 is 2.12 bits per heavy atom. The lowest BCUT2D eigenvalue weighted by Gasteiger charge is -2.38. The summed E-state index contributed by atoms with van der Waals surface area (Å²) in [6.07, 6.45) is 5.32. The number of anilines is 1. The predicted octanol–water partition coefficient (Wildman–Crippen LogP) is 4.66. The molecule has 142 valence electrons. The Hall–Kier alpha value is -2.06. The van der Waals surface area contributed by atoms with Gasteiger partial charge in [-0.25, -0.2) is 0 Å². The van der Waals surface area contributed by atoms with E-state index >= 15 is 0 Å². The number of hydrogen-bond acceptors (Lipinski definition) is 4. The van der Waals surface area contributed by atoms with Crippen molar-refractivity contribution in [3.8, 4) is 11.8 Å². The molecule has 26 heavy (non-hydrogen) atoms. The third kappa shape index (κ3) is 4.98. The van der Waals surface area contributed by atoms with Gasteiger partial charge in [0.2, 0.25) is 0 Å². The molecule has 5 nitrogen and oxygen atoms in total. The number of nitrogens with one attached hydrogen (secondary N) is 1. The first-order chi connectivity index (χ1) is 12.5. The molecular weight excluding hydrogens is 328 g/mol. The molecule has 1 aliphatic carbocycles. The molecule has 2 rings (SSSR count). The second-order valence-corrected chi connectivity index (χ2v) is 7.17. The zero-order valence-corrected chi connectivity index (χ0v) is 16.1. The molecule has 1 N–H and O–H groups in total. The van der Waals surface area contributed by atoms with Crippen LogP contribution in [0, 0.1) is 17.2 Å². The fraction of sp³-hybridized carbons (Fsp3) is 0.619. The monoisotopic (exact) mass is 358 g/mol. The van der Waals surface area contributed by atoms with E-state index in [1.807, 2.05) is 13.8 Å². The van der Waals surface area contributed by atoms with E-state index in [1.54, 1.807) is 18.2 Å². The average molecular weight is 358 g/mol. The Bertz CT molecular complexity index is 653. The molecular formula is C21H30N2O3. The van der Waals surface area contributed by atoms with Crippen LogP contribution in [0.3, 0.4) is 0 Å². The van der Waals surface area contributed by atoms with Crippen LogP contribution in [-0.2, 0) is 9.53 Å². The van der Waals surface area contributed by atoms with Crippen LogP contribution in [-0.4, -0.2) is 24.7 Å². The highest BCUT2D eigenvalue weighted by molar-refractivity contribution is 5.98. The molecule has 0 unspecified atom stereocenters. The molecule has 0 radical (unpaired) electrons. The Morgan fingerprint density at radius 3 is 2.77 bits per heavy atom. The van der Waals surface area contributed by atoms with Gasteiger partial charge < -0.3 is 14.8 Å². The maximum atomic E-state index is 13.1. The van der Waals surface area contributed by atoms with Crippen LogP contribution in [0.1, 0.15) is 64.9 Å². The summed E-state index contributed by atoms with van der Waals surface area (Å²) in [5.41, 5.74) is 0.123. The minimum atomic E-state index is -0.794. The lowest BCUT2D eigenvalue weighted by molar-refractivity contribution is -0.148. The van der Waals surface area contributed by atoms with Gasteiger partial charge in [-0.1, -0.05) is 27.2 Å². The van der Waals surface area contributed by atoms with Crippen LogP contribution in [0.25, 0.3) is 0 Å². The molecule has 1 fully saturated rings. The maximum absolute atomic E-state index is 13.1. The van der Waals surface area contributed by atoms with Crippen molar-refractivity contribution in [1.29, 1.82) is 5.26 Å². The van der Waals surface area contributed by atoms with Crippen LogP contribution < -0.4 is 10.1 Å². The lowest BCUT2D eigenvalue weighted by atomic mass is 9.78. The van der Waals surface area contributed by atoms with Gasteiger partial charge in [-0.3, -0.25) is 4.79 Å². The van der Waals surface area contributed by atoms with E-state index in [0.717, 1.165) is 38.5 Å². The van der Waals surface area contributed by atoms with E-state index in [2.05, 4.69) is 18.3 Å². The van der Waals surface area contributed by atoms with Gasteiger partial charge in [0.05, 0.1) is 17.9 Å². The van der Waals surface area contributed by atoms with E-state index in [1.165, 1.54) is 0 Å². The zero-order chi connectivity index (χ0) is 19.0. The second kappa shape index (κ2) is 9.59. The Kier molecular flexibility index (Phi) is 7.47. The van der Waals surface area contributed by atoms with Crippen molar-refractivity contribution in [3.63, 3.8) is 0 Å². The van der Waals surface area contributed by atoms with Gasteiger partial charge >= 0.3 is 0 Å². The number of carbonyl (C=O) groups excluding carboxylic acids is 1. The third-order valence-corrected chi connectivity index (χ3v) is 4.78. The Labute approximate surface area is 156 Å². The van der Waals surface area contributed by atoms with E-state index in [-0.39, 0.29) is 5.91 Å². The van der Waals surface area contributed by atoms with Crippen molar-refractivity contribution in [1.82, 2.24) is 0 Å². The summed E-state index contributed by atoms with van der Waals surface area (Å²) in [5, 5.41) is 12.4. The molecule has 0 spiro atoms. The minimum absolute atomic E-state index is 0.142. The smallest absolute Gasteiger partial charge is 0.256 e. The van der Waals surface area contributed by atoms with Gasteiger partial charge in [-0.15, -0.1) is 0 Å². The van der Waals surface area contributed by atoms with Crippen LogP contribution in [0.2, 0.25) is 0 Å². The molecule has 1 amide bonds. The highest BCUT2D eigenvalue weighted by atomic mass is 16.5. The van der Waals surface area contributed by atoms with Gasteiger partial charge in [0.15, 0.2) is 0 Å². The first kappa shape index (κ1) is 20.3. The number of carbonyl (C=O) groups is 1. The molecule has 2 atom stereocenters. The molecule has 0 heterocycles. The summed E-state index contributed by atoms with van der Waals surface area (Å²) in [5.74, 6) is 0.951. The number of nitrogens with zero attached hydrogens (tertiary/aromatic N) is 1. The van der Waals surface area contributed by atoms with Gasteiger partial charge in [0.25, 0.3) is 5.91 Å². The predicted molar refractivity (Wildman–Crippen MR) is 102 cm³/mol. The van der Waals surface area contributed by atoms with Crippen LogP contribution in [0.4, 0.5) is 5.69 Å². The van der Waals surface area contributed by atoms with Gasteiger partial charge in [-0.2, -0.15) is 5.26 Å². The van der Waals surface area contributed by atoms with E-state index in [9.17, 15) is 10.1 Å². The number of hydrogen-bond donors (Lipinski definition) is 1. The number of nitriles is 1. The van der Waals surface area contributed by atoms with Crippen molar-refractivity contribution in [2.45, 2.75) is 64.9 Å². The first-order valence-corrected chi connectivity index (χ1v) is 9.67. The van der Waals surface area contributed by atoms with Gasteiger partial charge in [-0.05, 0) is 56.2 Å². The van der Waals surface area contributed by atoms with Gasteiger partial charge in [0, 0.05) is 6.61 Å². The van der Waals surface area contributed by atoms with E-state index in [4.69, 9.17) is 9.47 Å². The van der Waals surface area contributed by atoms with Crippen LogP contribution in [0.5, 0.6) is 5.75 Å². The Balaban J connectivity index is 2.19. The molecule has 0 aromatic heterocycles. The summed E-state index contributed by atoms with van der Waals surface area (Å²) in [6.45, 7) is 7.40. The highest BCUT2D eigenvalue weighted by Gasteiger charge is 2.42.